The maximum atomic E-state index is 12.8. The first kappa shape index (κ1) is 13.3. The molecule has 5 heteroatoms. The summed E-state index contributed by atoms with van der Waals surface area (Å²) in [6.07, 6.45) is 9.78. The van der Waals surface area contributed by atoms with Gasteiger partial charge in [-0.25, -0.2) is 9.97 Å². The fourth-order valence-corrected chi connectivity index (χ4v) is 2.45. The van der Waals surface area contributed by atoms with E-state index in [1.54, 1.807) is 17.1 Å². The molecule has 5 nitrogen and oxygen atoms in total. The Kier molecular flexibility index (Phi) is 3.39. The van der Waals surface area contributed by atoms with Crippen molar-refractivity contribution in [2.24, 2.45) is 0 Å². The second-order valence-electron chi connectivity index (χ2n) is 4.68. The van der Waals surface area contributed by atoms with Gasteiger partial charge >= 0.3 is 0 Å². The lowest BCUT2D eigenvalue weighted by atomic mass is 10.2. The molecular weight excluding hydrogens is 264 g/mol. The lowest BCUT2D eigenvalue weighted by molar-refractivity contribution is 0.986. The highest BCUT2D eigenvalue weighted by molar-refractivity contribution is 6.01. The standard InChI is InChI=1S/C16H16N4O/c1-3-5-7-11(4-2)20-15-12(8-6-9-17-15)13-14(16(20)21)19-10-18-13/h3,5-10H,4H2,1-2H3,(H,18,19)/b5-3-,11-7+. The van der Waals surface area contributed by atoms with Gasteiger partial charge in [-0.3, -0.25) is 9.36 Å². The summed E-state index contributed by atoms with van der Waals surface area (Å²) in [5, 5.41) is 0.869. The number of allylic oxidation sites excluding steroid dienone is 4. The minimum atomic E-state index is -0.119. The molecule has 0 aliphatic heterocycles. The third kappa shape index (κ3) is 2.07. The second-order valence-corrected chi connectivity index (χ2v) is 4.68. The van der Waals surface area contributed by atoms with Crippen LogP contribution < -0.4 is 5.56 Å². The molecule has 3 rings (SSSR count). The quantitative estimate of drug-likeness (QED) is 0.750. The van der Waals surface area contributed by atoms with Gasteiger partial charge in [0.25, 0.3) is 5.56 Å². The van der Waals surface area contributed by atoms with Gasteiger partial charge in [-0.1, -0.05) is 19.1 Å². The van der Waals surface area contributed by atoms with E-state index in [-0.39, 0.29) is 5.56 Å². The molecule has 0 saturated carbocycles. The number of aromatic nitrogens is 4. The summed E-state index contributed by atoms with van der Waals surface area (Å²) in [5.41, 5.74) is 2.60. The summed E-state index contributed by atoms with van der Waals surface area (Å²) in [4.78, 5) is 24.3. The van der Waals surface area contributed by atoms with E-state index in [0.717, 1.165) is 17.5 Å². The van der Waals surface area contributed by atoms with Gasteiger partial charge in [-0.2, -0.15) is 0 Å². The van der Waals surface area contributed by atoms with Gasteiger partial charge in [-0.15, -0.1) is 0 Å². The number of hydrogen-bond acceptors (Lipinski definition) is 3. The molecule has 0 aliphatic rings. The number of fused-ring (bicyclic) bond motifs is 3. The van der Waals surface area contributed by atoms with Gasteiger partial charge < -0.3 is 4.98 Å². The summed E-state index contributed by atoms with van der Waals surface area (Å²) >= 11 is 0. The number of hydrogen-bond donors (Lipinski definition) is 1. The Balaban J connectivity index is 2.49. The Bertz CT molecular complexity index is 915. The average Bonchev–Trinajstić information content (AvgIpc) is 3.00. The Morgan fingerprint density at radius 2 is 2.29 bits per heavy atom. The molecule has 3 heterocycles. The molecule has 0 saturated heterocycles. The van der Waals surface area contributed by atoms with Crippen LogP contribution in [-0.2, 0) is 0 Å². The number of H-pyrrole nitrogens is 1. The van der Waals surface area contributed by atoms with Gasteiger partial charge in [0.1, 0.15) is 16.7 Å². The van der Waals surface area contributed by atoms with Crippen LogP contribution in [0.5, 0.6) is 0 Å². The van der Waals surface area contributed by atoms with Gasteiger partial charge in [0.2, 0.25) is 0 Å². The molecular formula is C16H16N4O. The molecule has 0 aliphatic carbocycles. The van der Waals surface area contributed by atoms with Crippen LogP contribution in [0.3, 0.4) is 0 Å². The lowest BCUT2D eigenvalue weighted by Crippen LogP contribution is -2.21. The van der Waals surface area contributed by atoms with Crippen molar-refractivity contribution < 1.29 is 0 Å². The van der Waals surface area contributed by atoms with E-state index < -0.39 is 0 Å². The third-order valence-electron chi connectivity index (χ3n) is 3.44. The van der Waals surface area contributed by atoms with E-state index in [1.165, 1.54) is 0 Å². The lowest BCUT2D eigenvalue weighted by Gasteiger charge is -2.11. The van der Waals surface area contributed by atoms with Gasteiger partial charge in [0, 0.05) is 17.3 Å². The number of imidazole rings is 1. The fourth-order valence-electron chi connectivity index (χ4n) is 2.45. The van der Waals surface area contributed by atoms with Crippen molar-refractivity contribution in [2.45, 2.75) is 20.3 Å². The molecule has 1 N–H and O–H groups in total. The van der Waals surface area contributed by atoms with Crippen molar-refractivity contribution in [3.63, 3.8) is 0 Å². The minimum Gasteiger partial charge on any atom is -0.340 e. The largest absolute Gasteiger partial charge is 0.340 e. The van der Waals surface area contributed by atoms with E-state index in [2.05, 4.69) is 15.0 Å². The molecule has 0 bridgehead atoms. The topological polar surface area (TPSA) is 63.6 Å². The van der Waals surface area contributed by atoms with Crippen molar-refractivity contribution in [1.82, 2.24) is 19.5 Å². The van der Waals surface area contributed by atoms with E-state index >= 15 is 0 Å². The van der Waals surface area contributed by atoms with Crippen LogP contribution >= 0.6 is 0 Å². The number of nitrogens with zero attached hydrogens (tertiary/aromatic N) is 3. The van der Waals surface area contributed by atoms with Crippen molar-refractivity contribution in [1.29, 1.82) is 0 Å². The molecule has 0 atom stereocenters. The zero-order valence-electron chi connectivity index (χ0n) is 12.0. The van der Waals surface area contributed by atoms with Crippen LogP contribution in [0.2, 0.25) is 0 Å². The predicted octanol–water partition coefficient (Wildman–Crippen LogP) is 3.10. The highest BCUT2D eigenvalue weighted by Crippen LogP contribution is 2.21. The molecule has 3 aromatic heterocycles. The second kappa shape index (κ2) is 5.36. The van der Waals surface area contributed by atoms with Crippen molar-refractivity contribution in [2.75, 3.05) is 0 Å². The van der Waals surface area contributed by atoms with Gasteiger partial charge in [-0.05, 0) is 31.6 Å². The number of pyridine rings is 2. The SMILES string of the molecule is C/C=C\C=C(/CC)n1c(=O)c2[nH]cnc2c2cccnc21. The van der Waals surface area contributed by atoms with Crippen LogP contribution in [0, 0.1) is 0 Å². The molecule has 106 valence electrons. The summed E-state index contributed by atoms with van der Waals surface area (Å²) in [5.74, 6) is 0. The normalized spacial score (nSPS) is 12.8. The smallest absolute Gasteiger partial charge is 0.282 e. The third-order valence-corrected chi connectivity index (χ3v) is 3.44. The van der Waals surface area contributed by atoms with Gasteiger partial charge in [0.05, 0.1) is 6.33 Å². The molecule has 3 aromatic rings. The molecule has 0 aromatic carbocycles. The Labute approximate surface area is 121 Å². The number of nitrogens with one attached hydrogen (secondary N) is 1. The Hall–Kier alpha value is -2.69. The van der Waals surface area contributed by atoms with Crippen LogP contribution in [0.4, 0.5) is 0 Å². The molecule has 0 spiro atoms. The Morgan fingerprint density at radius 1 is 1.43 bits per heavy atom. The zero-order chi connectivity index (χ0) is 14.8. The molecule has 0 fully saturated rings. The highest BCUT2D eigenvalue weighted by Gasteiger charge is 2.14. The highest BCUT2D eigenvalue weighted by atomic mass is 16.1. The van der Waals surface area contributed by atoms with E-state index in [1.807, 2.05) is 44.2 Å². The predicted molar refractivity (Wildman–Crippen MR) is 85.0 cm³/mol. The summed E-state index contributed by atoms with van der Waals surface area (Å²) < 4.78 is 1.66. The summed E-state index contributed by atoms with van der Waals surface area (Å²) in [6.45, 7) is 3.97. The number of aromatic amines is 1. The first-order valence-corrected chi connectivity index (χ1v) is 6.93. The molecule has 0 amide bonds. The van der Waals surface area contributed by atoms with Crippen molar-refractivity contribution in [3.05, 3.63) is 53.2 Å². The molecule has 21 heavy (non-hydrogen) atoms. The Morgan fingerprint density at radius 3 is 3.05 bits per heavy atom. The number of rotatable bonds is 3. The van der Waals surface area contributed by atoms with Crippen LogP contribution in [0.25, 0.3) is 27.8 Å². The minimum absolute atomic E-state index is 0.119. The van der Waals surface area contributed by atoms with E-state index in [0.29, 0.717) is 16.7 Å². The van der Waals surface area contributed by atoms with E-state index in [9.17, 15) is 4.79 Å². The van der Waals surface area contributed by atoms with E-state index in [4.69, 9.17) is 0 Å². The zero-order valence-corrected chi connectivity index (χ0v) is 12.0. The van der Waals surface area contributed by atoms with Crippen molar-refractivity contribution >= 4 is 27.8 Å². The summed E-state index contributed by atoms with van der Waals surface area (Å²) in [6, 6.07) is 3.79. The maximum Gasteiger partial charge on any atom is 0.282 e. The van der Waals surface area contributed by atoms with Crippen LogP contribution in [-0.4, -0.2) is 19.5 Å². The maximum absolute atomic E-state index is 12.8. The van der Waals surface area contributed by atoms with Crippen LogP contribution in [0.15, 0.2) is 47.7 Å². The van der Waals surface area contributed by atoms with Crippen LogP contribution in [0.1, 0.15) is 20.3 Å². The first-order valence-electron chi connectivity index (χ1n) is 6.93. The monoisotopic (exact) mass is 280 g/mol. The molecule has 0 radical (unpaired) electrons. The fraction of sp³-hybridized carbons (Fsp3) is 0.188. The van der Waals surface area contributed by atoms with Gasteiger partial charge in [0.15, 0.2) is 0 Å². The molecule has 0 unspecified atom stereocenters. The average molecular weight is 280 g/mol. The first-order chi connectivity index (χ1) is 10.3. The summed E-state index contributed by atoms with van der Waals surface area (Å²) in [7, 11) is 0. The van der Waals surface area contributed by atoms with Crippen molar-refractivity contribution in [3.8, 4) is 0 Å².